The highest BCUT2D eigenvalue weighted by Crippen LogP contribution is 2.66. The molecule has 5 nitrogen and oxygen atoms in total. The Labute approximate surface area is 101 Å². The van der Waals surface area contributed by atoms with Crippen LogP contribution in [-0.4, -0.2) is 40.8 Å². The second-order valence-electron chi connectivity index (χ2n) is 6.17. The van der Waals surface area contributed by atoms with Crippen LogP contribution in [0.5, 0.6) is 0 Å². The molecular formula is C12H19NO4. The molecule has 0 saturated heterocycles. The Morgan fingerprint density at radius 3 is 2.18 bits per heavy atom. The van der Waals surface area contributed by atoms with Crippen molar-refractivity contribution in [1.29, 1.82) is 0 Å². The fourth-order valence-corrected chi connectivity index (χ4v) is 2.91. The predicted molar refractivity (Wildman–Crippen MR) is 60.6 cm³/mol. The molecule has 3 aliphatic carbocycles. The third-order valence-electron chi connectivity index (χ3n) is 3.79. The van der Waals surface area contributed by atoms with Crippen molar-refractivity contribution < 1.29 is 19.4 Å². The van der Waals surface area contributed by atoms with Crippen LogP contribution >= 0.6 is 0 Å². The van der Waals surface area contributed by atoms with E-state index in [-0.39, 0.29) is 6.04 Å². The third kappa shape index (κ3) is 1.68. The minimum absolute atomic E-state index is 0.185. The number of nitrogens with zero attached hydrogens (tertiary/aromatic N) is 1. The van der Waals surface area contributed by atoms with Crippen LogP contribution in [0.3, 0.4) is 0 Å². The SMILES string of the molecule is CN(C(=O)OC(C)(C)C)C1C2CC1(C(=O)O)C2. The molecule has 1 amide bonds. The van der Waals surface area contributed by atoms with E-state index in [0.717, 1.165) is 0 Å². The number of carboxylic acid groups (broad SMARTS) is 1. The molecule has 1 atom stereocenters. The highest BCUT2D eigenvalue weighted by molar-refractivity contribution is 5.82. The molecule has 0 aromatic heterocycles. The Kier molecular flexibility index (Phi) is 2.42. The van der Waals surface area contributed by atoms with Crippen LogP contribution in [0.1, 0.15) is 33.6 Å². The summed E-state index contributed by atoms with van der Waals surface area (Å²) in [6, 6.07) is -0.185. The highest BCUT2D eigenvalue weighted by atomic mass is 16.6. The van der Waals surface area contributed by atoms with Crippen LogP contribution in [0.25, 0.3) is 0 Å². The van der Waals surface area contributed by atoms with Crippen LogP contribution in [0.2, 0.25) is 0 Å². The van der Waals surface area contributed by atoms with E-state index < -0.39 is 23.1 Å². The number of carbonyl (C=O) groups excluding carboxylic acids is 1. The molecule has 0 spiro atoms. The topological polar surface area (TPSA) is 66.8 Å². The zero-order valence-electron chi connectivity index (χ0n) is 10.7. The van der Waals surface area contributed by atoms with E-state index >= 15 is 0 Å². The highest BCUT2D eigenvalue weighted by Gasteiger charge is 2.72. The Bertz CT molecular complexity index is 365. The van der Waals surface area contributed by atoms with E-state index in [2.05, 4.69) is 0 Å². The van der Waals surface area contributed by atoms with Crippen molar-refractivity contribution in [2.45, 2.75) is 45.3 Å². The van der Waals surface area contributed by atoms with Crippen molar-refractivity contribution >= 4 is 12.1 Å². The van der Waals surface area contributed by atoms with Gasteiger partial charge in [0, 0.05) is 7.05 Å². The molecule has 17 heavy (non-hydrogen) atoms. The fraction of sp³-hybridized carbons (Fsp3) is 0.833. The van der Waals surface area contributed by atoms with E-state index in [9.17, 15) is 14.7 Å². The monoisotopic (exact) mass is 241 g/mol. The van der Waals surface area contributed by atoms with E-state index in [0.29, 0.717) is 18.8 Å². The number of carbonyl (C=O) groups is 2. The lowest BCUT2D eigenvalue weighted by atomic mass is 9.40. The second kappa shape index (κ2) is 3.37. The molecule has 0 heterocycles. The first-order chi connectivity index (χ1) is 7.67. The maximum Gasteiger partial charge on any atom is 0.410 e. The van der Waals surface area contributed by atoms with E-state index in [4.69, 9.17) is 4.74 Å². The minimum atomic E-state index is -0.791. The summed E-state index contributed by atoms with van der Waals surface area (Å²) in [4.78, 5) is 24.5. The quantitative estimate of drug-likeness (QED) is 0.799. The van der Waals surface area contributed by atoms with Gasteiger partial charge in [-0.25, -0.2) is 4.79 Å². The van der Waals surface area contributed by atoms with Crippen molar-refractivity contribution in [2.24, 2.45) is 11.3 Å². The van der Waals surface area contributed by atoms with Gasteiger partial charge >= 0.3 is 12.1 Å². The molecule has 1 N–H and O–H groups in total. The molecule has 1 unspecified atom stereocenters. The molecule has 96 valence electrons. The lowest BCUT2D eigenvalue weighted by Gasteiger charge is -2.67. The molecule has 0 aliphatic heterocycles. The summed E-state index contributed by atoms with van der Waals surface area (Å²) < 4.78 is 5.24. The van der Waals surface area contributed by atoms with Crippen molar-refractivity contribution in [2.75, 3.05) is 7.05 Å². The predicted octanol–water partition coefficient (Wildman–Crippen LogP) is 1.72. The Morgan fingerprint density at radius 1 is 1.35 bits per heavy atom. The lowest BCUT2D eigenvalue weighted by Crippen LogP contribution is -2.75. The van der Waals surface area contributed by atoms with Gasteiger partial charge in [-0.15, -0.1) is 0 Å². The van der Waals surface area contributed by atoms with Gasteiger partial charge in [-0.2, -0.15) is 0 Å². The number of ether oxygens (including phenoxy) is 1. The van der Waals surface area contributed by atoms with Gasteiger partial charge in [-0.1, -0.05) is 0 Å². The van der Waals surface area contributed by atoms with Gasteiger partial charge in [0.15, 0.2) is 0 Å². The first-order valence-corrected chi connectivity index (χ1v) is 5.86. The molecule has 3 saturated carbocycles. The Hall–Kier alpha value is -1.26. The number of hydrogen-bond donors (Lipinski definition) is 1. The van der Waals surface area contributed by atoms with Crippen LogP contribution in [0.15, 0.2) is 0 Å². The average molecular weight is 241 g/mol. The summed E-state index contributed by atoms with van der Waals surface area (Å²) in [5.41, 5.74) is -1.24. The largest absolute Gasteiger partial charge is 0.481 e. The normalized spacial score (nSPS) is 34.4. The Balaban J connectivity index is 2.01. The molecule has 0 radical (unpaired) electrons. The van der Waals surface area contributed by atoms with Crippen LogP contribution in [0, 0.1) is 11.3 Å². The van der Waals surface area contributed by atoms with Crippen LogP contribution < -0.4 is 0 Å². The summed E-state index contributed by atoms with van der Waals surface area (Å²) >= 11 is 0. The number of aliphatic carboxylic acids is 1. The number of hydrogen-bond acceptors (Lipinski definition) is 3. The summed E-state index contributed by atoms with van der Waals surface area (Å²) in [5, 5.41) is 9.19. The third-order valence-corrected chi connectivity index (χ3v) is 3.79. The van der Waals surface area contributed by atoms with Gasteiger partial charge in [-0.3, -0.25) is 4.79 Å². The second-order valence-corrected chi connectivity index (χ2v) is 6.17. The fourth-order valence-electron chi connectivity index (χ4n) is 2.91. The van der Waals surface area contributed by atoms with Crippen LogP contribution in [0.4, 0.5) is 4.79 Å². The molecule has 0 aromatic carbocycles. The maximum absolute atomic E-state index is 11.8. The molecule has 3 aliphatic rings. The van der Waals surface area contributed by atoms with Gasteiger partial charge in [0.25, 0.3) is 0 Å². The smallest absolute Gasteiger partial charge is 0.410 e. The molecule has 3 fully saturated rings. The zero-order chi connectivity index (χ0) is 13.0. The molecule has 0 aromatic rings. The summed E-state index contributed by atoms with van der Waals surface area (Å²) in [6.45, 7) is 5.40. The van der Waals surface area contributed by atoms with E-state index in [1.807, 2.05) is 0 Å². The standard InChI is InChI=1S/C12H19NO4/c1-11(2,3)17-10(16)13(4)8-7-5-12(8,6-7)9(14)15/h7-8H,5-6H2,1-4H3,(H,14,15). The Morgan fingerprint density at radius 2 is 1.88 bits per heavy atom. The minimum Gasteiger partial charge on any atom is -0.481 e. The average Bonchev–Trinajstić information content (AvgIpc) is 1.94. The van der Waals surface area contributed by atoms with Crippen molar-refractivity contribution in [3.63, 3.8) is 0 Å². The zero-order valence-corrected chi connectivity index (χ0v) is 10.7. The van der Waals surface area contributed by atoms with Gasteiger partial charge in [0.05, 0.1) is 11.5 Å². The molecule has 5 heteroatoms. The van der Waals surface area contributed by atoms with Gasteiger partial charge in [0.2, 0.25) is 0 Å². The van der Waals surface area contributed by atoms with E-state index in [1.165, 1.54) is 4.90 Å². The summed E-state index contributed by atoms with van der Waals surface area (Å²) in [6.07, 6.45) is 0.956. The first kappa shape index (κ1) is 12.2. The first-order valence-electron chi connectivity index (χ1n) is 5.86. The molecule has 3 rings (SSSR count). The van der Waals surface area contributed by atoms with Gasteiger partial charge in [0.1, 0.15) is 5.60 Å². The van der Waals surface area contributed by atoms with Crippen molar-refractivity contribution in [3.8, 4) is 0 Å². The number of carboxylic acids is 1. The molecule has 2 bridgehead atoms. The van der Waals surface area contributed by atoms with Gasteiger partial charge < -0.3 is 14.7 Å². The maximum atomic E-state index is 11.8. The summed E-state index contributed by atoms with van der Waals surface area (Å²) in [5.74, 6) is -0.455. The van der Waals surface area contributed by atoms with E-state index in [1.54, 1.807) is 27.8 Å². The van der Waals surface area contributed by atoms with Crippen molar-refractivity contribution in [1.82, 2.24) is 4.90 Å². The summed E-state index contributed by atoms with van der Waals surface area (Å²) in [7, 11) is 1.63. The molecular weight excluding hydrogens is 222 g/mol. The van der Waals surface area contributed by atoms with Crippen LogP contribution in [-0.2, 0) is 9.53 Å². The number of amides is 1. The number of rotatable bonds is 2. The lowest BCUT2D eigenvalue weighted by molar-refractivity contribution is -0.216. The van der Waals surface area contributed by atoms with Gasteiger partial charge in [-0.05, 0) is 39.5 Å². The van der Waals surface area contributed by atoms with Crippen molar-refractivity contribution in [3.05, 3.63) is 0 Å².